The Morgan fingerprint density at radius 2 is 1.92 bits per heavy atom. The number of hydrogen-bond donors (Lipinski definition) is 0. The molecule has 0 bridgehead atoms. The van der Waals surface area contributed by atoms with Crippen molar-refractivity contribution in [2.75, 3.05) is 26.2 Å². The molecule has 3 heterocycles. The summed E-state index contributed by atoms with van der Waals surface area (Å²) in [6, 6.07) is 3.04. The van der Waals surface area contributed by atoms with E-state index in [1.165, 1.54) is 10.6 Å². The van der Waals surface area contributed by atoms with Crippen LogP contribution in [0.25, 0.3) is 0 Å². The molecule has 2 saturated heterocycles. The van der Waals surface area contributed by atoms with Crippen LogP contribution in [0, 0.1) is 5.92 Å². The van der Waals surface area contributed by atoms with Gasteiger partial charge in [0.15, 0.2) is 0 Å². The SMILES string of the molecule is Cn1cc(C(=O)N2CCC(CCN3CCCC3=O)CC2)ccc1=O. The van der Waals surface area contributed by atoms with Crippen molar-refractivity contribution in [2.45, 2.75) is 32.1 Å². The minimum atomic E-state index is -0.110. The average molecular weight is 331 g/mol. The maximum Gasteiger partial charge on any atom is 0.255 e. The maximum atomic E-state index is 12.5. The minimum absolute atomic E-state index is 0.00114. The Kier molecular flexibility index (Phi) is 5.02. The van der Waals surface area contributed by atoms with Gasteiger partial charge in [0.2, 0.25) is 11.5 Å². The second kappa shape index (κ2) is 7.20. The number of carbonyl (C=O) groups excluding carboxylic acids is 2. The first kappa shape index (κ1) is 16.7. The summed E-state index contributed by atoms with van der Waals surface area (Å²) in [5.74, 6) is 0.874. The van der Waals surface area contributed by atoms with E-state index in [0.29, 0.717) is 17.9 Å². The molecule has 24 heavy (non-hydrogen) atoms. The van der Waals surface area contributed by atoms with Gasteiger partial charge in [-0.15, -0.1) is 0 Å². The van der Waals surface area contributed by atoms with E-state index in [2.05, 4.69) is 0 Å². The Hall–Kier alpha value is -2.11. The Labute approximate surface area is 142 Å². The predicted molar refractivity (Wildman–Crippen MR) is 90.7 cm³/mol. The van der Waals surface area contributed by atoms with Crippen LogP contribution in [0.4, 0.5) is 0 Å². The number of rotatable bonds is 4. The van der Waals surface area contributed by atoms with Crippen LogP contribution in [0.1, 0.15) is 42.5 Å². The lowest BCUT2D eigenvalue weighted by Crippen LogP contribution is -2.39. The first-order valence-corrected chi connectivity index (χ1v) is 8.78. The number of aromatic nitrogens is 1. The molecular weight excluding hydrogens is 306 g/mol. The fourth-order valence-electron chi connectivity index (χ4n) is 3.61. The summed E-state index contributed by atoms with van der Waals surface area (Å²) in [6.07, 6.45) is 6.31. The third-order valence-corrected chi connectivity index (χ3v) is 5.21. The third-order valence-electron chi connectivity index (χ3n) is 5.21. The minimum Gasteiger partial charge on any atom is -0.343 e. The molecule has 0 N–H and O–H groups in total. The molecule has 1 aromatic rings. The summed E-state index contributed by atoms with van der Waals surface area (Å²) in [6.45, 7) is 3.27. The van der Waals surface area contributed by atoms with Crippen LogP contribution < -0.4 is 5.56 Å². The van der Waals surface area contributed by atoms with Crippen molar-refractivity contribution in [3.05, 3.63) is 34.2 Å². The van der Waals surface area contributed by atoms with Gasteiger partial charge in [-0.2, -0.15) is 0 Å². The summed E-state index contributed by atoms with van der Waals surface area (Å²) >= 11 is 0. The zero-order valence-electron chi connectivity index (χ0n) is 14.2. The van der Waals surface area contributed by atoms with Crippen LogP contribution in [-0.4, -0.2) is 52.4 Å². The number of hydrogen-bond acceptors (Lipinski definition) is 3. The molecule has 1 aromatic heterocycles. The molecular formula is C18H25N3O3. The van der Waals surface area contributed by atoms with E-state index in [-0.39, 0.29) is 17.4 Å². The lowest BCUT2D eigenvalue weighted by Gasteiger charge is -2.32. The first-order chi connectivity index (χ1) is 11.5. The molecule has 0 saturated carbocycles. The lowest BCUT2D eigenvalue weighted by atomic mass is 9.93. The van der Waals surface area contributed by atoms with Crippen molar-refractivity contribution >= 4 is 11.8 Å². The molecule has 0 unspecified atom stereocenters. The van der Waals surface area contributed by atoms with Crippen LogP contribution >= 0.6 is 0 Å². The number of aryl methyl sites for hydroxylation is 1. The summed E-state index contributed by atoms with van der Waals surface area (Å²) in [4.78, 5) is 39.5. The van der Waals surface area contributed by atoms with Crippen molar-refractivity contribution < 1.29 is 9.59 Å². The van der Waals surface area contributed by atoms with Crippen LogP contribution in [-0.2, 0) is 11.8 Å². The van der Waals surface area contributed by atoms with E-state index in [9.17, 15) is 14.4 Å². The van der Waals surface area contributed by atoms with E-state index in [1.54, 1.807) is 19.3 Å². The van der Waals surface area contributed by atoms with Gasteiger partial charge in [0.1, 0.15) is 0 Å². The van der Waals surface area contributed by atoms with E-state index in [0.717, 1.165) is 51.9 Å². The molecule has 2 amide bonds. The highest BCUT2D eigenvalue weighted by atomic mass is 16.2. The summed E-state index contributed by atoms with van der Waals surface area (Å²) in [5.41, 5.74) is 0.458. The molecule has 6 heteroatoms. The molecule has 0 radical (unpaired) electrons. The van der Waals surface area contributed by atoms with E-state index in [4.69, 9.17) is 0 Å². The summed E-state index contributed by atoms with van der Waals surface area (Å²) in [5, 5.41) is 0. The highest BCUT2D eigenvalue weighted by Crippen LogP contribution is 2.23. The molecule has 0 atom stereocenters. The molecule has 2 aliphatic heterocycles. The molecule has 0 aromatic carbocycles. The second-order valence-corrected chi connectivity index (χ2v) is 6.88. The molecule has 130 valence electrons. The largest absolute Gasteiger partial charge is 0.343 e. The highest BCUT2D eigenvalue weighted by molar-refractivity contribution is 5.93. The average Bonchev–Trinajstić information content (AvgIpc) is 3.00. The molecule has 3 rings (SSSR count). The normalized spacial score (nSPS) is 19.1. The van der Waals surface area contributed by atoms with Crippen molar-refractivity contribution in [1.29, 1.82) is 0 Å². The van der Waals surface area contributed by atoms with Gasteiger partial charge in [0.25, 0.3) is 5.91 Å². The van der Waals surface area contributed by atoms with Crippen LogP contribution in [0.2, 0.25) is 0 Å². The Balaban J connectivity index is 1.49. The molecule has 2 aliphatic rings. The lowest BCUT2D eigenvalue weighted by molar-refractivity contribution is -0.127. The Bertz CT molecular complexity index is 674. The number of pyridine rings is 1. The zero-order valence-corrected chi connectivity index (χ0v) is 14.2. The molecule has 0 spiro atoms. The highest BCUT2D eigenvalue weighted by Gasteiger charge is 2.26. The van der Waals surface area contributed by atoms with Crippen LogP contribution in [0.3, 0.4) is 0 Å². The van der Waals surface area contributed by atoms with Gasteiger partial charge in [-0.25, -0.2) is 0 Å². The summed E-state index contributed by atoms with van der Waals surface area (Å²) < 4.78 is 1.44. The van der Waals surface area contributed by atoms with E-state index < -0.39 is 0 Å². The Morgan fingerprint density at radius 3 is 2.54 bits per heavy atom. The second-order valence-electron chi connectivity index (χ2n) is 6.88. The number of nitrogens with zero attached hydrogens (tertiary/aromatic N) is 3. The first-order valence-electron chi connectivity index (χ1n) is 8.78. The number of carbonyl (C=O) groups is 2. The third kappa shape index (κ3) is 3.68. The topological polar surface area (TPSA) is 62.6 Å². The van der Waals surface area contributed by atoms with Gasteiger partial charge in [-0.05, 0) is 37.7 Å². The monoisotopic (exact) mass is 331 g/mol. The van der Waals surface area contributed by atoms with Crippen LogP contribution in [0.15, 0.2) is 23.1 Å². The standard InChI is InChI=1S/C18H25N3O3/c1-19-13-15(4-5-16(19)22)18(24)21-11-7-14(8-12-21)6-10-20-9-2-3-17(20)23/h4-5,13-14H,2-3,6-12H2,1H3. The number of amides is 2. The summed E-state index contributed by atoms with van der Waals surface area (Å²) in [7, 11) is 1.66. The van der Waals surface area contributed by atoms with Gasteiger partial charge >= 0.3 is 0 Å². The van der Waals surface area contributed by atoms with Gasteiger partial charge in [-0.3, -0.25) is 14.4 Å². The van der Waals surface area contributed by atoms with Gasteiger partial charge < -0.3 is 14.4 Å². The van der Waals surface area contributed by atoms with E-state index >= 15 is 0 Å². The van der Waals surface area contributed by atoms with Crippen LogP contribution in [0.5, 0.6) is 0 Å². The van der Waals surface area contributed by atoms with Crippen molar-refractivity contribution in [2.24, 2.45) is 13.0 Å². The smallest absolute Gasteiger partial charge is 0.255 e. The predicted octanol–water partition coefficient (Wildman–Crippen LogP) is 1.25. The zero-order chi connectivity index (χ0) is 17.1. The van der Waals surface area contributed by atoms with Crippen molar-refractivity contribution in [3.63, 3.8) is 0 Å². The van der Waals surface area contributed by atoms with E-state index in [1.807, 2.05) is 9.80 Å². The fraction of sp³-hybridized carbons (Fsp3) is 0.611. The maximum absolute atomic E-state index is 12.5. The van der Waals surface area contributed by atoms with Crippen molar-refractivity contribution in [1.82, 2.24) is 14.4 Å². The van der Waals surface area contributed by atoms with Gasteiger partial charge in [-0.1, -0.05) is 0 Å². The Morgan fingerprint density at radius 1 is 1.17 bits per heavy atom. The molecule has 0 aliphatic carbocycles. The van der Waals surface area contributed by atoms with Crippen molar-refractivity contribution in [3.8, 4) is 0 Å². The molecule has 6 nitrogen and oxygen atoms in total. The molecule has 2 fully saturated rings. The fourth-order valence-corrected chi connectivity index (χ4v) is 3.61. The van der Waals surface area contributed by atoms with Gasteiger partial charge in [0.05, 0.1) is 5.56 Å². The number of likely N-dealkylation sites (tertiary alicyclic amines) is 2. The van der Waals surface area contributed by atoms with Gasteiger partial charge in [0, 0.05) is 51.9 Å². The number of piperidine rings is 1. The quantitative estimate of drug-likeness (QED) is 0.834.